The normalized spacial score (nSPS) is 11.8. The number of aryl methyl sites for hydroxylation is 1. The SMILES string of the molecule is Cc1[nH]c(C(C)(C)C)nc1-c1cccc(O)c1. The summed E-state index contributed by atoms with van der Waals surface area (Å²) in [7, 11) is 0. The summed E-state index contributed by atoms with van der Waals surface area (Å²) < 4.78 is 0. The second kappa shape index (κ2) is 3.91. The third-order valence-electron chi connectivity index (χ3n) is 2.71. The van der Waals surface area contributed by atoms with Crippen molar-refractivity contribution in [3.63, 3.8) is 0 Å². The third kappa shape index (κ3) is 2.33. The van der Waals surface area contributed by atoms with Gasteiger partial charge in [0, 0.05) is 16.7 Å². The molecule has 0 bridgehead atoms. The molecular weight excluding hydrogens is 212 g/mol. The van der Waals surface area contributed by atoms with Gasteiger partial charge in [0.25, 0.3) is 0 Å². The lowest BCUT2D eigenvalue weighted by Gasteiger charge is -2.13. The molecule has 1 heterocycles. The maximum absolute atomic E-state index is 9.49. The van der Waals surface area contributed by atoms with Crippen LogP contribution in [-0.2, 0) is 5.41 Å². The number of phenolic OH excluding ortho intramolecular Hbond substituents is 1. The van der Waals surface area contributed by atoms with Gasteiger partial charge in [-0.05, 0) is 19.1 Å². The predicted molar refractivity (Wildman–Crippen MR) is 69.1 cm³/mol. The number of hydrogen-bond acceptors (Lipinski definition) is 2. The van der Waals surface area contributed by atoms with Crippen LogP contribution in [0.15, 0.2) is 24.3 Å². The van der Waals surface area contributed by atoms with Gasteiger partial charge in [-0.1, -0.05) is 32.9 Å². The third-order valence-corrected chi connectivity index (χ3v) is 2.71. The van der Waals surface area contributed by atoms with E-state index < -0.39 is 0 Å². The lowest BCUT2D eigenvalue weighted by molar-refractivity contribution is 0.475. The molecule has 3 heteroatoms. The lowest BCUT2D eigenvalue weighted by Crippen LogP contribution is -2.13. The minimum atomic E-state index is -0.000164. The van der Waals surface area contributed by atoms with Gasteiger partial charge in [0.15, 0.2) is 0 Å². The zero-order valence-corrected chi connectivity index (χ0v) is 10.7. The number of H-pyrrole nitrogens is 1. The van der Waals surface area contributed by atoms with Gasteiger partial charge in [0.2, 0.25) is 0 Å². The van der Waals surface area contributed by atoms with Gasteiger partial charge in [-0.3, -0.25) is 0 Å². The van der Waals surface area contributed by atoms with Gasteiger partial charge in [0.1, 0.15) is 11.6 Å². The summed E-state index contributed by atoms with van der Waals surface area (Å²) in [5, 5.41) is 9.49. The van der Waals surface area contributed by atoms with Gasteiger partial charge in [-0.2, -0.15) is 0 Å². The number of aromatic nitrogens is 2. The highest BCUT2D eigenvalue weighted by atomic mass is 16.3. The summed E-state index contributed by atoms with van der Waals surface area (Å²) in [6.07, 6.45) is 0. The fraction of sp³-hybridized carbons (Fsp3) is 0.357. The number of imidazole rings is 1. The molecular formula is C14H18N2O. The summed E-state index contributed by atoms with van der Waals surface area (Å²) in [5.74, 6) is 1.23. The average Bonchev–Trinajstić information content (AvgIpc) is 2.60. The van der Waals surface area contributed by atoms with Gasteiger partial charge in [-0.15, -0.1) is 0 Å². The van der Waals surface area contributed by atoms with E-state index in [1.54, 1.807) is 12.1 Å². The molecule has 0 atom stereocenters. The second-order valence-electron chi connectivity index (χ2n) is 5.36. The van der Waals surface area contributed by atoms with Crippen molar-refractivity contribution in [2.45, 2.75) is 33.1 Å². The topological polar surface area (TPSA) is 48.9 Å². The lowest BCUT2D eigenvalue weighted by atomic mass is 9.96. The summed E-state index contributed by atoms with van der Waals surface area (Å²) in [4.78, 5) is 7.94. The molecule has 0 unspecified atom stereocenters. The van der Waals surface area contributed by atoms with E-state index in [0.29, 0.717) is 0 Å². The molecule has 90 valence electrons. The Morgan fingerprint density at radius 2 is 1.94 bits per heavy atom. The minimum absolute atomic E-state index is 0.000164. The number of benzene rings is 1. The summed E-state index contributed by atoms with van der Waals surface area (Å²) in [6.45, 7) is 8.37. The summed E-state index contributed by atoms with van der Waals surface area (Å²) in [6, 6.07) is 7.18. The van der Waals surface area contributed by atoms with Crippen molar-refractivity contribution in [1.29, 1.82) is 0 Å². The molecule has 0 aliphatic rings. The molecule has 0 fully saturated rings. The molecule has 2 rings (SSSR count). The molecule has 0 amide bonds. The highest BCUT2D eigenvalue weighted by Gasteiger charge is 2.20. The number of rotatable bonds is 1. The number of phenols is 1. The molecule has 1 aromatic heterocycles. The Morgan fingerprint density at radius 3 is 2.47 bits per heavy atom. The molecule has 17 heavy (non-hydrogen) atoms. The van der Waals surface area contributed by atoms with E-state index in [0.717, 1.165) is 22.8 Å². The van der Waals surface area contributed by atoms with E-state index in [9.17, 15) is 5.11 Å². The Hall–Kier alpha value is -1.77. The maximum Gasteiger partial charge on any atom is 0.116 e. The first-order valence-corrected chi connectivity index (χ1v) is 5.74. The monoisotopic (exact) mass is 230 g/mol. The van der Waals surface area contributed by atoms with Crippen molar-refractivity contribution in [2.24, 2.45) is 0 Å². The first kappa shape index (κ1) is 11.7. The highest BCUT2D eigenvalue weighted by Crippen LogP contribution is 2.28. The van der Waals surface area contributed by atoms with Gasteiger partial charge in [-0.25, -0.2) is 4.98 Å². The van der Waals surface area contributed by atoms with Crippen molar-refractivity contribution < 1.29 is 5.11 Å². The molecule has 0 aliphatic carbocycles. The quantitative estimate of drug-likeness (QED) is 0.789. The maximum atomic E-state index is 9.49. The molecule has 2 aromatic rings. The van der Waals surface area contributed by atoms with E-state index in [4.69, 9.17) is 0 Å². The fourth-order valence-electron chi connectivity index (χ4n) is 1.75. The van der Waals surface area contributed by atoms with Crippen LogP contribution in [0.4, 0.5) is 0 Å². The van der Waals surface area contributed by atoms with Crippen molar-refractivity contribution >= 4 is 0 Å². The number of aromatic hydroxyl groups is 1. The van der Waals surface area contributed by atoms with Crippen molar-refractivity contribution in [2.75, 3.05) is 0 Å². The Morgan fingerprint density at radius 1 is 1.24 bits per heavy atom. The van der Waals surface area contributed by atoms with Gasteiger partial charge >= 0.3 is 0 Å². The minimum Gasteiger partial charge on any atom is -0.508 e. The molecule has 0 aliphatic heterocycles. The summed E-state index contributed by atoms with van der Waals surface area (Å²) in [5.41, 5.74) is 2.88. The van der Waals surface area contributed by atoms with Crippen LogP contribution in [0.25, 0.3) is 11.3 Å². The number of aromatic amines is 1. The molecule has 0 radical (unpaired) electrons. The van der Waals surface area contributed by atoms with Crippen LogP contribution in [0.5, 0.6) is 5.75 Å². The van der Waals surface area contributed by atoms with Gasteiger partial charge in [0.05, 0.1) is 5.69 Å². The standard InChI is InChI=1S/C14H18N2O/c1-9-12(10-6-5-7-11(17)8-10)16-13(15-9)14(2,3)4/h5-8,17H,1-4H3,(H,15,16). The van der Waals surface area contributed by atoms with E-state index in [1.165, 1.54) is 0 Å². The van der Waals surface area contributed by atoms with Crippen LogP contribution in [0, 0.1) is 6.92 Å². The zero-order valence-electron chi connectivity index (χ0n) is 10.7. The smallest absolute Gasteiger partial charge is 0.116 e. The van der Waals surface area contributed by atoms with Crippen LogP contribution in [0.2, 0.25) is 0 Å². The molecule has 1 aromatic carbocycles. The molecule has 3 nitrogen and oxygen atoms in total. The van der Waals surface area contributed by atoms with E-state index >= 15 is 0 Å². The first-order chi connectivity index (χ1) is 7.88. The molecule has 0 saturated carbocycles. The Kier molecular flexibility index (Phi) is 2.69. The highest BCUT2D eigenvalue weighted by molar-refractivity contribution is 5.63. The largest absolute Gasteiger partial charge is 0.508 e. The number of nitrogens with one attached hydrogen (secondary N) is 1. The van der Waals surface area contributed by atoms with Crippen LogP contribution < -0.4 is 0 Å². The van der Waals surface area contributed by atoms with E-state index in [1.807, 2.05) is 19.1 Å². The second-order valence-corrected chi connectivity index (χ2v) is 5.36. The average molecular weight is 230 g/mol. The van der Waals surface area contributed by atoms with E-state index in [2.05, 4.69) is 30.7 Å². The Labute approximate surface area is 102 Å². The number of hydrogen-bond donors (Lipinski definition) is 2. The Bertz CT molecular complexity index is 535. The van der Waals surface area contributed by atoms with Crippen LogP contribution in [-0.4, -0.2) is 15.1 Å². The van der Waals surface area contributed by atoms with Crippen LogP contribution >= 0.6 is 0 Å². The fourth-order valence-corrected chi connectivity index (χ4v) is 1.75. The molecule has 0 spiro atoms. The van der Waals surface area contributed by atoms with Crippen LogP contribution in [0.3, 0.4) is 0 Å². The zero-order chi connectivity index (χ0) is 12.6. The predicted octanol–water partition coefficient (Wildman–Crippen LogP) is 3.39. The first-order valence-electron chi connectivity index (χ1n) is 5.74. The summed E-state index contributed by atoms with van der Waals surface area (Å²) >= 11 is 0. The van der Waals surface area contributed by atoms with E-state index in [-0.39, 0.29) is 11.2 Å². The molecule has 2 N–H and O–H groups in total. The molecule has 0 saturated heterocycles. The number of nitrogens with zero attached hydrogens (tertiary/aromatic N) is 1. The van der Waals surface area contributed by atoms with Crippen molar-refractivity contribution in [1.82, 2.24) is 9.97 Å². The van der Waals surface area contributed by atoms with Gasteiger partial charge < -0.3 is 10.1 Å². The van der Waals surface area contributed by atoms with Crippen molar-refractivity contribution in [3.8, 4) is 17.0 Å². The van der Waals surface area contributed by atoms with Crippen LogP contribution in [0.1, 0.15) is 32.3 Å². The Balaban J connectivity index is 2.50. The van der Waals surface area contributed by atoms with Crippen molar-refractivity contribution in [3.05, 3.63) is 35.8 Å².